The number of benzene rings is 2. The van der Waals surface area contributed by atoms with Crippen molar-refractivity contribution in [2.45, 2.75) is 69.8 Å². The van der Waals surface area contributed by atoms with Crippen molar-refractivity contribution < 1.29 is 42.7 Å². The van der Waals surface area contributed by atoms with E-state index in [9.17, 15) is 9.90 Å². The maximum atomic E-state index is 15.9. The SMILES string of the molecule is CCc1cc(Cl)c(O[C@@H]2c3cccc(-c4cccc5c4C[C@@H](F)[C@@H]5Oc4nc(OC)c(CNC[C@@H](O)CC(=O)O)cc4Cl)c3C[C@H]2F)nc1OC. The highest BCUT2D eigenvalue weighted by Gasteiger charge is 2.40. The summed E-state index contributed by atoms with van der Waals surface area (Å²) in [4.78, 5) is 19.6. The molecule has 270 valence electrons. The molecule has 0 fully saturated rings. The lowest BCUT2D eigenvalue weighted by molar-refractivity contribution is -0.139. The van der Waals surface area contributed by atoms with Crippen molar-refractivity contribution in [2.75, 3.05) is 20.8 Å². The second-order valence-corrected chi connectivity index (χ2v) is 13.2. The summed E-state index contributed by atoms with van der Waals surface area (Å²) in [7, 11) is 2.92. The van der Waals surface area contributed by atoms with E-state index in [0.717, 1.165) is 27.8 Å². The number of aliphatic hydroxyl groups is 1. The van der Waals surface area contributed by atoms with Gasteiger partial charge in [-0.25, -0.2) is 8.78 Å². The van der Waals surface area contributed by atoms with Crippen LogP contribution < -0.4 is 24.3 Å². The zero-order chi connectivity index (χ0) is 36.4. The van der Waals surface area contributed by atoms with Gasteiger partial charge in [0.15, 0.2) is 12.2 Å². The van der Waals surface area contributed by atoms with Gasteiger partial charge in [0.25, 0.3) is 0 Å². The molecule has 0 spiro atoms. The lowest BCUT2D eigenvalue weighted by atomic mass is 9.91. The number of hydrogen-bond acceptors (Lipinski definition) is 9. The molecule has 0 saturated carbocycles. The maximum absolute atomic E-state index is 15.9. The summed E-state index contributed by atoms with van der Waals surface area (Å²) in [6, 6.07) is 14.3. The average Bonchev–Trinajstić information content (AvgIpc) is 3.60. The zero-order valence-corrected chi connectivity index (χ0v) is 29.6. The number of nitrogens with zero attached hydrogens (tertiary/aromatic N) is 2. The molecule has 2 aromatic carbocycles. The summed E-state index contributed by atoms with van der Waals surface area (Å²) in [6.07, 6.45) is -5.50. The maximum Gasteiger partial charge on any atom is 0.306 e. The van der Waals surface area contributed by atoms with Crippen LogP contribution in [0.3, 0.4) is 0 Å². The van der Waals surface area contributed by atoms with Gasteiger partial charge in [-0.1, -0.05) is 66.5 Å². The molecule has 2 aliphatic rings. The fraction of sp³-hybridized carbons (Fsp3) is 0.378. The summed E-state index contributed by atoms with van der Waals surface area (Å²) >= 11 is 13.0. The van der Waals surface area contributed by atoms with Crippen LogP contribution in [0.4, 0.5) is 8.78 Å². The number of aliphatic carboxylic acids is 1. The molecule has 0 saturated heterocycles. The molecule has 0 bridgehead atoms. The number of aliphatic hydroxyl groups excluding tert-OH is 1. The number of fused-ring (bicyclic) bond motifs is 2. The number of carboxylic acid groups (broad SMARTS) is 1. The fourth-order valence-electron chi connectivity index (χ4n) is 6.75. The third kappa shape index (κ3) is 7.55. The van der Waals surface area contributed by atoms with E-state index in [1.807, 2.05) is 37.3 Å². The van der Waals surface area contributed by atoms with Crippen molar-refractivity contribution in [3.05, 3.63) is 92.0 Å². The fourth-order valence-corrected chi connectivity index (χ4v) is 7.18. The van der Waals surface area contributed by atoms with E-state index in [1.165, 1.54) is 14.2 Å². The Bertz CT molecular complexity index is 1930. The normalized spacial score (nSPS) is 19.7. The van der Waals surface area contributed by atoms with Crippen LogP contribution in [-0.2, 0) is 30.6 Å². The molecule has 51 heavy (non-hydrogen) atoms. The molecular formula is C37H37Cl2F2N3O7. The topological polar surface area (TPSA) is 132 Å². The molecule has 5 atom stereocenters. The van der Waals surface area contributed by atoms with Crippen molar-refractivity contribution in [3.63, 3.8) is 0 Å². The highest BCUT2D eigenvalue weighted by molar-refractivity contribution is 6.32. The average molecular weight is 745 g/mol. The number of methoxy groups -OCH3 is 2. The number of ether oxygens (including phenoxy) is 4. The summed E-state index contributed by atoms with van der Waals surface area (Å²) in [5, 5.41) is 22.0. The van der Waals surface area contributed by atoms with Gasteiger partial charge in [0.05, 0.1) is 26.7 Å². The van der Waals surface area contributed by atoms with E-state index < -0.39 is 43.0 Å². The van der Waals surface area contributed by atoms with E-state index in [1.54, 1.807) is 18.2 Å². The molecule has 4 aromatic rings. The van der Waals surface area contributed by atoms with Crippen molar-refractivity contribution in [2.24, 2.45) is 0 Å². The molecule has 3 N–H and O–H groups in total. The Kier molecular flexibility index (Phi) is 11.2. The molecule has 0 aliphatic heterocycles. The molecule has 0 amide bonds. The smallest absolute Gasteiger partial charge is 0.306 e. The lowest BCUT2D eigenvalue weighted by Crippen LogP contribution is -2.28. The van der Waals surface area contributed by atoms with E-state index in [2.05, 4.69) is 15.3 Å². The third-order valence-corrected chi connectivity index (χ3v) is 9.64. The Hall–Kier alpha value is -4.23. The quantitative estimate of drug-likeness (QED) is 0.124. The van der Waals surface area contributed by atoms with Gasteiger partial charge in [-0.3, -0.25) is 4.79 Å². The van der Waals surface area contributed by atoms with Crippen LogP contribution >= 0.6 is 23.2 Å². The van der Waals surface area contributed by atoms with Crippen LogP contribution in [-0.4, -0.2) is 65.4 Å². The number of nitrogens with one attached hydrogen (secondary N) is 1. The number of hydrogen-bond donors (Lipinski definition) is 3. The van der Waals surface area contributed by atoms with Crippen LogP contribution in [0.5, 0.6) is 23.5 Å². The highest BCUT2D eigenvalue weighted by atomic mass is 35.5. The van der Waals surface area contributed by atoms with Gasteiger partial charge in [0, 0.05) is 37.1 Å². The first-order valence-electron chi connectivity index (χ1n) is 16.5. The Balaban J connectivity index is 1.25. The van der Waals surface area contributed by atoms with Crippen molar-refractivity contribution in [3.8, 4) is 34.6 Å². The summed E-state index contributed by atoms with van der Waals surface area (Å²) in [5.41, 5.74) is 5.64. The highest BCUT2D eigenvalue weighted by Crippen LogP contribution is 2.47. The predicted molar refractivity (Wildman–Crippen MR) is 187 cm³/mol. The first-order chi connectivity index (χ1) is 24.5. The standard InChI is InChI=1S/C37H37Cl2F2N3O7/c1-4-18-11-27(38)36(43-34(18)48-2)50-32-23-9-5-7-21(25(23)14-29(32)40)22-8-6-10-24-26(22)15-30(41)33(24)51-37-28(39)12-19(35(44-37)49-3)16-42-17-20(45)13-31(46)47/h5-12,20,29-30,32-33,42,45H,4,13-17H2,1-3H3,(H,46,47)/t20-,29+,30+,32+,33+/m0/s1. The monoisotopic (exact) mass is 743 g/mol. The number of carboxylic acids is 1. The Morgan fingerprint density at radius 2 is 1.35 bits per heavy atom. The molecule has 0 radical (unpaired) electrons. The van der Waals surface area contributed by atoms with Crippen LogP contribution in [0.1, 0.15) is 58.9 Å². The van der Waals surface area contributed by atoms with Crippen molar-refractivity contribution >= 4 is 29.2 Å². The van der Waals surface area contributed by atoms with Crippen molar-refractivity contribution in [1.29, 1.82) is 0 Å². The van der Waals surface area contributed by atoms with E-state index in [-0.39, 0.29) is 53.6 Å². The van der Waals surface area contributed by atoms with Gasteiger partial charge in [-0.2, -0.15) is 9.97 Å². The molecule has 2 aliphatic carbocycles. The number of rotatable bonds is 14. The Labute approximate surface area is 303 Å². The van der Waals surface area contributed by atoms with Crippen LogP contribution in [0.15, 0.2) is 48.5 Å². The summed E-state index contributed by atoms with van der Waals surface area (Å²) < 4.78 is 54.7. The lowest BCUT2D eigenvalue weighted by Gasteiger charge is -2.20. The first kappa shape index (κ1) is 36.6. The van der Waals surface area contributed by atoms with Gasteiger partial charge < -0.3 is 34.5 Å². The first-order valence-corrected chi connectivity index (χ1v) is 17.2. The molecule has 0 unspecified atom stereocenters. The number of alkyl halides is 2. The van der Waals surface area contributed by atoms with Gasteiger partial charge in [0.1, 0.15) is 22.4 Å². The van der Waals surface area contributed by atoms with Crippen LogP contribution in [0, 0.1) is 0 Å². The molecule has 10 nitrogen and oxygen atoms in total. The number of pyridine rings is 2. The predicted octanol–water partition coefficient (Wildman–Crippen LogP) is 6.98. The second-order valence-electron chi connectivity index (χ2n) is 12.4. The third-order valence-electron chi connectivity index (χ3n) is 9.10. The second kappa shape index (κ2) is 15.6. The minimum atomic E-state index is -1.43. The van der Waals surface area contributed by atoms with Crippen molar-refractivity contribution in [1.82, 2.24) is 15.3 Å². The van der Waals surface area contributed by atoms with Gasteiger partial charge in [0.2, 0.25) is 23.5 Å². The summed E-state index contributed by atoms with van der Waals surface area (Å²) in [5.74, 6) is -0.513. The van der Waals surface area contributed by atoms with Crippen LogP contribution in [0.25, 0.3) is 11.1 Å². The molecule has 6 rings (SSSR count). The zero-order valence-electron chi connectivity index (χ0n) is 28.1. The van der Waals surface area contributed by atoms with E-state index in [0.29, 0.717) is 29.0 Å². The van der Waals surface area contributed by atoms with Crippen LogP contribution in [0.2, 0.25) is 10.0 Å². The van der Waals surface area contributed by atoms with Gasteiger partial charge in [-0.15, -0.1) is 0 Å². The number of aromatic nitrogens is 2. The minimum absolute atomic E-state index is 0.0218. The van der Waals surface area contributed by atoms with E-state index in [4.69, 9.17) is 47.3 Å². The molecule has 2 heterocycles. The number of aryl methyl sites for hydroxylation is 1. The van der Waals surface area contributed by atoms with Gasteiger partial charge in [-0.05, 0) is 51.9 Å². The number of halogens is 4. The Morgan fingerprint density at radius 1 is 0.863 bits per heavy atom. The molecule has 2 aromatic heterocycles. The van der Waals surface area contributed by atoms with E-state index >= 15 is 8.78 Å². The Morgan fingerprint density at radius 3 is 1.82 bits per heavy atom. The summed E-state index contributed by atoms with van der Waals surface area (Å²) in [6.45, 7) is 2.14. The largest absolute Gasteiger partial charge is 0.481 e. The minimum Gasteiger partial charge on any atom is -0.481 e. The number of carbonyl (C=O) groups is 1. The molecule has 14 heteroatoms. The molecular weight excluding hydrogens is 707 g/mol. The van der Waals surface area contributed by atoms with Gasteiger partial charge >= 0.3 is 5.97 Å².